The van der Waals surface area contributed by atoms with Crippen molar-refractivity contribution in [3.8, 4) is 11.1 Å². The van der Waals surface area contributed by atoms with Gasteiger partial charge in [0.2, 0.25) is 5.91 Å². The molecule has 0 radical (unpaired) electrons. The second-order valence-corrected chi connectivity index (χ2v) is 8.71. The summed E-state index contributed by atoms with van der Waals surface area (Å²) in [7, 11) is 0. The number of aromatic nitrogens is 3. The fourth-order valence-electron chi connectivity index (χ4n) is 4.03. The van der Waals surface area contributed by atoms with Crippen LogP contribution in [0.4, 0.5) is 10.6 Å². The van der Waals surface area contributed by atoms with Crippen LogP contribution in [0.1, 0.15) is 33.2 Å². The average Bonchev–Trinajstić information content (AvgIpc) is 3.30. The number of primary amides is 1. The van der Waals surface area contributed by atoms with Crippen molar-refractivity contribution in [1.82, 2.24) is 19.4 Å². The quantitative estimate of drug-likeness (QED) is 0.668. The largest absolute Gasteiger partial charge is 0.444 e. The summed E-state index contributed by atoms with van der Waals surface area (Å²) in [6, 6.07) is 8.81. The number of nitrogen functional groups attached to an aromatic ring is 1. The lowest BCUT2D eigenvalue weighted by atomic mass is 10.1. The minimum Gasteiger partial charge on any atom is -0.444 e. The van der Waals surface area contributed by atoms with Crippen LogP contribution >= 0.6 is 0 Å². The standard InChI is InChI=1S/C22H26N6O3/c1-22(2,3)31-21(30)28-10-14(9-16(28)20(24)29)27-11-15(13-7-5-4-6-8-13)17-18(27)19(23)26-12-25-17/h4-8,11-12,14,16H,9-10H2,1-3H3,(H2,24,29)(H2,23,25,26). The summed E-state index contributed by atoms with van der Waals surface area (Å²) in [5.74, 6) is -0.240. The highest BCUT2D eigenvalue weighted by atomic mass is 16.6. The normalized spacial score (nSPS) is 19.0. The van der Waals surface area contributed by atoms with Crippen molar-refractivity contribution < 1.29 is 14.3 Å². The Morgan fingerprint density at radius 1 is 1.16 bits per heavy atom. The van der Waals surface area contributed by atoms with Crippen LogP contribution in [0, 0.1) is 0 Å². The lowest BCUT2D eigenvalue weighted by Crippen LogP contribution is -2.45. The van der Waals surface area contributed by atoms with Crippen LogP contribution in [0.25, 0.3) is 22.2 Å². The molecule has 0 bridgehead atoms. The van der Waals surface area contributed by atoms with Crippen LogP contribution in [-0.4, -0.2) is 49.6 Å². The van der Waals surface area contributed by atoms with Crippen LogP contribution in [0.5, 0.6) is 0 Å². The molecule has 9 heteroatoms. The van der Waals surface area contributed by atoms with Crippen LogP contribution < -0.4 is 11.5 Å². The molecule has 31 heavy (non-hydrogen) atoms. The Bertz CT molecular complexity index is 1140. The van der Waals surface area contributed by atoms with E-state index in [4.69, 9.17) is 16.2 Å². The van der Waals surface area contributed by atoms with Gasteiger partial charge in [0, 0.05) is 18.3 Å². The van der Waals surface area contributed by atoms with Crippen LogP contribution in [-0.2, 0) is 9.53 Å². The first kappa shape index (κ1) is 20.6. The third-order valence-corrected chi connectivity index (χ3v) is 5.35. The molecule has 0 aliphatic carbocycles. The van der Waals surface area contributed by atoms with Crippen molar-refractivity contribution in [2.45, 2.75) is 44.9 Å². The minimum absolute atomic E-state index is 0.238. The Labute approximate surface area is 180 Å². The molecule has 3 aromatic rings. The third-order valence-electron chi connectivity index (χ3n) is 5.35. The van der Waals surface area contributed by atoms with Crippen molar-refractivity contribution in [1.29, 1.82) is 0 Å². The van der Waals surface area contributed by atoms with E-state index < -0.39 is 23.6 Å². The van der Waals surface area contributed by atoms with E-state index >= 15 is 0 Å². The molecule has 1 fully saturated rings. The second kappa shape index (κ2) is 7.57. The summed E-state index contributed by atoms with van der Waals surface area (Å²) in [6.45, 7) is 5.60. The number of nitrogens with two attached hydrogens (primary N) is 2. The fourth-order valence-corrected chi connectivity index (χ4v) is 4.03. The zero-order valence-electron chi connectivity index (χ0n) is 17.8. The van der Waals surface area contributed by atoms with Gasteiger partial charge in [-0.1, -0.05) is 30.3 Å². The predicted molar refractivity (Wildman–Crippen MR) is 117 cm³/mol. The molecule has 0 saturated carbocycles. The number of carbonyl (C=O) groups is 2. The Kier molecular flexibility index (Phi) is 5.04. The van der Waals surface area contributed by atoms with Gasteiger partial charge in [0.1, 0.15) is 29.0 Å². The molecule has 4 N–H and O–H groups in total. The van der Waals surface area contributed by atoms with E-state index in [-0.39, 0.29) is 12.6 Å². The fraction of sp³-hybridized carbons (Fsp3) is 0.364. The van der Waals surface area contributed by atoms with Crippen LogP contribution in [0.3, 0.4) is 0 Å². The van der Waals surface area contributed by atoms with Crippen molar-refractivity contribution in [3.63, 3.8) is 0 Å². The summed E-state index contributed by atoms with van der Waals surface area (Å²) < 4.78 is 7.44. The number of benzene rings is 1. The maximum atomic E-state index is 12.7. The van der Waals surface area contributed by atoms with Crippen molar-refractivity contribution in [2.75, 3.05) is 12.3 Å². The number of likely N-dealkylation sites (tertiary alicyclic amines) is 1. The van der Waals surface area contributed by atoms with Gasteiger partial charge in [0.25, 0.3) is 0 Å². The van der Waals surface area contributed by atoms with E-state index in [1.807, 2.05) is 41.1 Å². The zero-order valence-corrected chi connectivity index (χ0v) is 17.8. The minimum atomic E-state index is -0.775. The van der Waals surface area contributed by atoms with Crippen molar-refractivity contribution in [3.05, 3.63) is 42.9 Å². The number of fused-ring (bicyclic) bond motifs is 1. The van der Waals surface area contributed by atoms with Crippen LogP contribution in [0.2, 0.25) is 0 Å². The number of carbonyl (C=O) groups excluding carboxylic acids is 2. The summed E-state index contributed by atoms with van der Waals surface area (Å²) in [5.41, 5.74) is 14.4. The number of anilines is 1. The molecule has 2 unspecified atom stereocenters. The van der Waals surface area contributed by atoms with Gasteiger partial charge in [-0.05, 0) is 32.8 Å². The van der Waals surface area contributed by atoms with E-state index in [1.54, 1.807) is 20.8 Å². The van der Waals surface area contributed by atoms with Crippen LogP contribution in [0.15, 0.2) is 42.9 Å². The second-order valence-electron chi connectivity index (χ2n) is 8.71. The highest BCUT2D eigenvalue weighted by Gasteiger charge is 2.42. The molecule has 1 aliphatic heterocycles. The lowest BCUT2D eigenvalue weighted by molar-refractivity contribution is -0.122. The van der Waals surface area contributed by atoms with E-state index in [1.165, 1.54) is 11.2 Å². The maximum Gasteiger partial charge on any atom is 0.411 e. The Balaban J connectivity index is 1.77. The smallest absolute Gasteiger partial charge is 0.411 e. The van der Waals surface area contributed by atoms with E-state index in [0.717, 1.165) is 11.1 Å². The maximum absolute atomic E-state index is 12.7. The van der Waals surface area contributed by atoms with Gasteiger partial charge in [-0.25, -0.2) is 14.8 Å². The van der Waals surface area contributed by atoms with Gasteiger partial charge < -0.3 is 20.8 Å². The van der Waals surface area contributed by atoms with Gasteiger partial charge in [0.15, 0.2) is 5.82 Å². The summed E-state index contributed by atoms with van der Waals surface area (Å²) >= 11 is 0. The predicted octanol–water partition coefficient (Wildman–Crippen LogP) is 2.72. The Morgan fingerprint density at radius 2 is 1.87 bits per heavy atom. The monoisotopic (exact) mass is 422 g/mol. The zero-order chi connectivity index (χ0) is 22.3. The molecule has 1 aliphatic rings. The molecule has 2 aromatic heterocycles. The Hall–Kier alpha value is -3.62. The number of hydrogen-bond acceptors (Lipinski definition) is 6. The molecular weight excluding hydrogens is 396 g/mol. The van der Waals surface area contributed by atoms with Gasteiger partial charge in [0.05, 0.1) is 6.04 Å². The summed E-state index contributed by atoms with van der Waals surface area (Å²) in [6.07, 6.45) is 3.16. The summed E-state index contributed by atoms with van der Waals surface area (Å²) in [5, 5.41) is 0. The van der Waals surface area contributed by atoms with E-state index in [0.29, 0.717) is 23.3 Å². The van der Waals surface area contributed by atoms with Crippen molar-refractivity contribution >= 4 is 28.9 Å². The average molecular weight is 422 g/mol. The topological polar surface area (TPSA) is 129 Å². The highest BCUT2D eigenvalue weighted by molar-refractivity contribution is 5.97. The lowest BCUT2D eigenvalue weighted by Gasteiger charge is -2.27. The molecule has 0 spiro atoms. The molecule has 9 nitrogen and oxygen atoms in total. The molecule has 1 saturated heterocycles. The van der Waals surface area contributed by atoms with Gasteiger partial charge in [-0.15, -0.1) is 0 Å². The molecule has 4 rings (SSSR count). The number of rotatable bonds is 3. The first-order valence-corrected chi connectivity index (χ1v) is 10.1. The van der Waals surface area contributed by atoms with Crippen molar-refractivity contribution in [2.24, 2.45) is 5.73 Å². The molecular formula is C22H26N6O3. The molecule has 3 heterocycles. The SMILES string of the molecule is CC(C)(C)OC(=O)N1CC(n2cc(-c3ccccc3)c3ncnc(N)c32)CC1C(N)=O. The van der Waals surface area contributed by atoms with Gasteiger partial charge in [-0.3, -0.25) is 9.69 Å². The molecule has 2 atom stereocenters. The van der Waals surface area contributed by atoms with E-state index in [2.05, 4.69) is 9.97 Å². The summed E-state index contributed by atoms with van der Waals surface area (Å²) in [4.78, 5) is 34.9. The highest BCUT2D eigenvalue weighted by Crippen LogP contribution is 2.37. The number of nitrogens with zero attached hydrogens (tertiary/aromatic N) is 4. The Morgan fingerprint density at radius 3 is 2.52 bits per heavy atom. The van der Waals surface area contributed by atoms with E-state index in [9.17, 15) is 9.59 Å². The number of hydrogen-bond donors (Lipinski definition) is 2. The number of ether oxygens (including phenoxy) is 1. The van der Waals surface area contributed by atoms with Gasteiger partial charge >= 0.3 is 6.09 Å². The third kappa shape index (κ3) is 3.90. The molecule has 1 aromatic carbocycles. The van der Waals surface area contributed by atoms with Gasteiger partial charge in [-0.2, -0.15) is 0 Å². The molecule has 162 valence electrons. The molecule has 2 amide bonds. The first-order valence-electron chi connectivity index (χ1n) is 10.1. The first-order chi connectivity index (χ1) is 14.7. The number of amides is 2.